The number of nitrogens with one attached hydrogen (secondary N) is 3. The average molecular weight is 411 g/mol. The van der Waals surface area contributed by atoms with E-state index in [9.17, 15) is 14.0 Å². The zero-order valence-corrected chi connectivity index (χ0v) is 17.0. The van der Waals surface area contributed by atoms with Crippen LogP contribution in [0.4, 0.5) is 15.8 Å². The Balaban J connectivity index is 1.52. The van der Waals surface area contributed by atoms with E-state index in [2.05, 4.69) is 20.9 Å². The van der Waals surface area contributed by atoms with Crippen LogP contribution in [-0.2, 0) is 16.1 Å². The van der Waals surface area contributed by atoms with Gasteiger partial charge in [0, 0.05) is 30.9 Å². The first-order valence-corrected chi connectivity index (χ1v) is 10.0. The van der Waals surface area contributed by atoms with Gasteiger partial charge < -0.3 is 20.9 Å². The maximum absolute atomic E-state index is 12.9. The lowest BCUT2D eigenvalue weighted by molar-refractivity contribution is -0.117. The van der Waals surface area contributed by atoms with Crippen molar-refractivity contribution in [3.8, 4) is 0 Å². The third-order valence-electron chi connectivity index (χ3n) is 4.63. The summed E-state index contributed by atoms with van der Waals surface area (Å²) in [6, 6.07) is 13.4. The minimum atomic E-state index is -0.354. The molecule has 1 saturated heterocycles. The molecule has 0 atom stereocenters. The lowest BCUT2D eigenvalue weighted by Crippen LogP contribution is -2.41. The van der Waals surface area contributed by atoms with Gasteiger partial charge >= 0.3 is 0 Å². The number of nitrogens with zero attached hydrogens (tertiary/aromatic N) is 2. The normalized spacial score (nSPS) is 14.0. The molecule has 2 aromatic rings. The summed E-state index contributed by atoms with van der Waals surface area (Å²) in [4.78, 5) is 30.2. The van der Waals surface area contributed by atoms with Crippen LogP contribution in [0.15, 0.2) is 53.5 Å². The lowest BCUT2D eigenvalue weighted by atomic mass is 10.2. The summed E-state index contributed by atoms with van der Waals surface area (Å²) in [6.07, 6.45) is 1.51. The van der Waals surface area contributed by atoms with Crippen LogP contribution in [0.5, 0.6) is 0 Å². The monoisotopic (exact) mass is 411 g/mol. The van der Waals surface area contributed by atoms with Crippen LogP contribution in [-0.4, -0.2) is 37.4 Å². The van der Waals surface area contributed by atoms with E-state index in [1.165, 1.54) is 24.3 Å². The number of carbonyl (C=O) groups is 2. The molecule has 0 radical (unpaired) electrons. The van der Waals surface area contributed by atoms with E-state index in [1.54, 1.807) is 4.90 Å². The highest BCUT2D eigenvalue weighted by Gasteiger charge is 2.21. The average Bonchev–Trinajstić information content (AvgIpc) is 3.18. The predicted molar refractivity (Wildman–Crippen MR) is 116 cm³/mol. The molecule has 30 heavy (non-hydrogen) atoms. The molecule has 0 unspecified atom stereocenters. The minimum Gasteiger partial charge on any atom is -0.357 e. The molecular weight excluding hydrogens is 385 g/mol. The number of amides is 2. The van der Waals surface area contributed by atoms with Crippen LogP contribution in [0, 0.1) is 5.82 Å². The van der Waals surface area contributed by atoms with Gasteiger partial charge in [0.05, 0.1) is 13.1 Å². The van der Waals surface area contributed by atoms with Crippen molar-refractivity contribution in [1.29, 1.82) is 0 Å². The number of carbonyl (C=O) groups excluding carboxylic acids is 2. The molecule has 0 bridgehead atoms. The summed E-state index contributed by atoms with van der Waals surface area (Å²) < 4.78 is 12.9. The summed E-state index contributed by atoms with van der Waals surface area (Å²) in [6.45, 7) is 3.83. The highest BCUT2D eigenvalue weighted by Crippen LogP contribution is 2.21. The molecule has 158 valence electrons. The Kier molecular flexibility index (Phi) is 7.37. The molecule has 7 nitrogen and oxygen atoms in total. The van der Waals surface area contributed by atoms with Crippen molar-refractivity contribution >= 4 is 29.1 Å². The van der Waals surface area contributed by atoms with Gasteiger partial charge in [-0.05, 0) is 55.3 Å². The van der Waals surface area contributed by atoms with E-state index >= 15 is 0 Å². The van der Waals surface area contributed by atoms with Gasteiger partial charge in [0.15, 0.2) is 5.96 Å². The van der Waals surface area contributed by atoms with E-state index in [0.717, 1.165) is 24.2 Å². The fourth-order valence-corrected chi connectivity index (χ4v) is 3.12. The SMILES string of the molecule is CCNC(=NCc1ccc(N2CCCC2=O)cc1)NCC(=O)Nc1ccc(F)cc1. The summed E-state index contributed by atoms with van der Waals surface area (Å²) in [7, 11) is 0. The first-order valence-electron chi connectivity index (χ1n) is 10.0. The Morgan fingerprint density at radius 1 is 1.10 bits per heavy atom. The van der Waals surface area contributed by atoms with Crippen molar-refractivity contribution in [3.63, 3.8) is 0 Å². The van der Waals surface area contributed by atoms with Gasteiger partial charge in [0.25, 0.3) is 0 Å². The molecule has 1 aliphatic rings. The summed E-state index contributed by atoms with van der Waals surface area (Å²) >= 11 is 0. The zero-order valence-electron chi connectivity index (χ0n) is 17.0. The van der Waals surface area contributed by atoms with Crippen LogP contribution in [0.2, 0.25) is 0 Å². The first-order chi connectivity index (χ1) is 14.5. The van der Waals surface area contributed by atoms with E-state index < -0.39 is 0 Å². The third-order valence-corrected chi connectivity index (χ3v) is 4.63. The van der Waals surface area contributed by atoms with Crippen molar-refractivity contribution in [3.05, 3.63) is 59.9 Å². The number of guanidine groups is 1. The van der Waals surface area contributed by atoms with Gasteiger partial charge in [0.1, 0.15) is 5.82 Å². The zero-order chi connectivity index (χ0) is 21.3. The van der Waals surface area contributed by atoms with Gasteiger partial charge in [-0.3, -0.25) is 9.59 Å². The van der Waals surface area contributed by atoms with Crippen LogP contribution in [0.3, 0.4) is 0 Å². The number of benzene rings is 2. The highest BCUT2D eigenvalue weighted by molar-refractivity contribution is 5.95. The maximum atomic E-state index is 12.9. The number of hydrogen-bond donors (Lipinski definition) is 3. The molecule has 0 aromatic heterocycles. The minimum absolute atomic E-state index is 0.0270. The van der Waals surface area contributed by atoms with Crippen molar-refractivity contribution < 1.29 is 14.0 Å². The highest BCUT2D eigenvalue weighted by atomic mass is 19.1. The number of anilines is 2. The molecule has 2 amide bonds. The van der Waals surface area contributed by atoms with E-state index in [0.29, 0.717) is 31.2 Å². The number of hydrogen-bond acceptors (Lipinski definition) is 3. The Bertz CT molecular complexity index is 897. The Hall–Kier alpha value is -3.42. The summed E-state index contributed by atoms with van der Waals surface area (Å²) in [5.41, 5.74) is 2.44. The van der Waals surface area contributed by atoms with Gasteiger partial charge in [0.2, 0.25) is 11.8 Å². The second-order valence-electron chi connectivity index (χ2n) is 6.92. The Labute approximate surface area is 175 Å². The third kappa shape index (κ3) is 6.04. The quantitative estimate of drug-likeness (QED) is 0.483. The fourth-order valence-electron chi connectivity index (χ4n) is 3.12. The molecule has 1 fully saturated rings. The van der Waals surface area contributed by atoms with Crippen molar-refractivity contribution in [2.75, 3.05) is 29.9 Å². The van der Waals surface area contributed by atoms with Gasteiger partial charge in [-0.25, -0.2) is 9.38 Å². The number of halogens is 1. The number of rotatable bonds is 7. The molecule has 1 heterocycles. The predicted octanol–water partition coefficient (Wildman–Crippen LogP) is 2.65. The van der Waals surface area contributed by atoms with Gasteiger partial charge in [-0.1, -0.05) is 12.1 Å². The van der Waals surface area contributed by atoms with E-state index in [4.69, 9.17) is 0 Å². The molecule has 3 rings (SSSR count). The van der Waals surface area contributed by atoms with Crippen molar-refractivity contribution in [2.45, 2.75) is 26.3 Å². The molecule has 8 heteroatoms. The molecule has 0 aliphatic carbocycles. The molecule has 0 saturated carbocycles. The summed E-state index contributed by atoms with van der Waals surface area (Å²) in [5, 5.41) is 8.78. The van der Waals surface area contributed by atoms with Crippen molar-refractivity contribution in [2.24, 2.45) is 4.99 Å². The largest absolute Gasteiger partial charge is 0.357 e. The molecule has 0 spiro atoms. The van der Waals surface area contributed by atoms with Crippen molar-refractivity contribution in [1.82, 2.24) is 10.6 Å². The van der Waals surface area contributed by atoms with Gasteiger partial charge in [-0.2, -0.15) is 0 Å². The molecule has 1 aliphatic heterocycles. The van der Waals surface area contributed by atoms with Crippen LogP contribution >= 0.6 is 0 Å². The van der Waals surface area contributed by atoms with Crippen LogP contribution < -0.4 is 20.9 Å². The second kappa shape index (κ2) is 10.4. The van der Waals surface area contributed by atoms with E-state index in [1.807, 2.05) is 31.2 Å². The smallest absolute Gasteiger partial charge is 0.243 e. The van der Waals surface area contributed by atoms with Crippen LogP contribution in [0.25, 0.3) is 0 Å². The molecule has 2 aromatic carbocycles. The lowest BCUT2D eigenvalue weighted by Gasteiger charge is -2.16. The van der Waals surface area contributed by atoms with E-state index in [-0.39, 0.29) is 24.2 Å². The molecular formula is C22H26FN5O2. The Morgan fingerprint density at radius 3 is 2.47 bits per heavy atom. The number of aliphatic imine (C=N–C) groups is 1. The van der Waals surface area contributed by atoms with Gasteiger partial charge in [-0.15, -0.1) is 0 Å². The van der Waals surface area contributed by atoms with Crippen LogP contribution in [0.1, 0.15) is 25.3 Å². The Morgan fingerprint density at radius 2 is 1.83 bits per heavy atom. The summed E-state index contributed by atoms with van der Waals surface area (Å²) in [5.74, 6) is 0.0727. The topological polar surface area (TPSA) is 85.8 Å². The first kappa shape index (κ1) is 21.3. The molecule has 3 N–H and O–H groups in total. The standard InChI is InChI=1S/C22H26FN5O2/c1-2-24-22(26-15-20(29)27-18-9-7-17(23)8-10-18)25-14-16-5-11-19(12-6-16)28-13-3-4-21(28)30/h5-12H,2-4,13-15H2,1H3,(H,27,29)(H2,24,25,26). The maximum Gasteiger partial charge on any atom is 0.243 e. The fraction of sp³-hybridized carbons (Fsp3) is 0.318. The second-order valence-corrected chi connectivity index (χ2v) is 6.92.